The zero-order valence-corrected chi connectivity index (χ0v) is 36.8. The number of rotatable bonds is 4. The summed E-state index contributed by atoms with van der Waals surface area (Å²) < 4.78 is 84.8. The molecule has 14 heteroatoms. The Morgan fingerprint density at radius 1 is 0.585 bits per heavy atom. The first-order chi connectivity index (χ1) is 30.8. The number of nitrogens with one attached hydrogen (secondary N) is 1. The van der Waals surface area contributed by atoms with Crippen LogP contribution in [0.2, 0.25) is 0 Å². The standard InChI is InChI=1S/C28H31F3N2O3.C23H23F3N2O/c1-26(2,3)36-25(35)33-18-21-9-5-6-10-22(21)27(19-33)14-16-32(17-15-27)24(34)13-12-20-8-4-7-11-23(20)28(29,30)31;24-23(25,26)20-8-4-1-5-17(20)9-10-21(29)28-13-11-22(12-14-28)16-27-15-18-6-2-3-7-19(18)22/h4-13H,14-19H2,1-3H3;1-10,27H,11-16H2/b13-12+;10-9+. The van der Waals surface area contributed by atoms with Crippen LogP contribution < -0.4 is 5.32 Å². The first-order valence-corrected chi connectivity index (χ1v) is 21.9. The monoisotopic (exact) mass is 900 g/mol. The molecule has 0 atom stereocenters. The van der Waals surface area contributed by atoms with Crippen LogP contribution in [0.15, 0.2) is 109 Å². The van der Waals surface area contributed by atoms with Gasteiger partial charge >= 0.3 is 18.4 Å². The summed E-state index contributed by atoms with van der Waals surface area (Å²) in [4.78, 5) is 43.5. The van der Waals surface area contributed by atoms with E-state index in [9.17, 15) is 40.7 Å². The Labute approximate surface area is 375 Å². The molecule has 0 aliphatic carbocycles. The van der Waals surface area contributed by atoms with Crippen LogP contribution in [0.4, 0.5) is 31.1 Å². The molecule has 0 radical (unpaired) electrons. The number of ether oxygens (including phenoxy) is 1. The average molecular weight is 901 g/mol. The summed E-state index contributed by atoms with van der Waals surface area (Å²) in [7, 11) is 0. The van der Waals surface area contributed by atoms with E-state index in [2.05, 4.69) is 29.6 Å². The van der Waals surface area contributed by atoms with Crippen molar-refractivity contribution in [1.29, 1.82) is 0 Å². The zero-order valence-electron chi connectivity index (χ0n) is 36.8. The van der Waals surface area contributed by atoms with Crippen molar-refractivity contribution in [2.75, 3.05) is 39.3 Å². The number of alkyl halides is 6. The van der Waals surface area contributed by atoms with Crippen LogP contribution in [0, 0.1) is 0 Å². The first kappa shape index (κ1) is 47.1. The third kappa shape index (κ3) is 11.0. The SMILES string of the molecule is CC(C)(C)OC(=O)N1Cc2ccccc2C2(CCN(C(=O)/C=C/c3ccccc3C(F)(F)F)CC2)C1.O=C(/C=C/c1ccccc1C(F)(F)F)N1CCC2(CC1)CNCc1ccccc12. The number of benzene rings is 4. The Hall–Kier alpha value is -5.89. The van der Waals surface area contributed by atoms with Gasteiger partial charge in [-0.3, -0.25) is 9.59 Å². The van der Waals surface area contributed by atoms with E-state index in [0.717, 1.165) is 43.6 Å². The number of hydrogen-bond donors (Lipinski definition) is 1. The molecule has 0 unspecified atom stereocenters. The topological polar surface area (TPSA) is 82.2 Å². The predicted octanol–water partition coefficient (Wildman–Crippen LogP) is 10.4. The summed E-state index contributed by atoms with van der Waals surface area (Å²) in [6.45, 7) is 10.3. The lowest BCUT2D eigenvalue weighted by Crippen LogP contribution is -2.54. The fraction of sp³-hybridized carbons (Fsp3) is 0.392. The van der Waals surface area contributed by atoms with Crippen molar-refractivity contribution in [3.8, 4) is 0 Å². The smallest absolute Gasteiger partial charge is 0.416 e. The van der Waals surface area contributed by atoms with Crippen molar-refractivity contribution in [1.82, 2.24) is 20.0 Å². The quantitative estimate of drug-likeness (QED) is 0.163. The molecule has 8 rings (SSSR count). The molecule has 2 saturated heterocycles. The van der Waals surface area contributed by atoms with Gasteiger partial charge in [-0.05, 0) is 104 Å². The summed E-state index contributed by atoms with van der Waals surface area (Å²) in [6, 6.07) is 27.0. The fourth-order valence-corrected chi connectivity index (χ4v) is 9.58. The lowest BCUT2D eigenvalue weighted by molar-refractivity contribution is -0.138. The molecule has 65 heavy (non-hydrogen) atoms. The average Bonchev–Trinajstić information content (AvgIpc) is 3.27. The number of likely N-dealkylation sites (tertiary alicyclic amines) is 2. The third-order valence-electron chi connectivity index (χ3n) is 12.9. The van der Waals surface area contributed by atoms with Crippen LogP contribution in [-0.4, -0.2) is 77.5 Å². The van der Waals surface area contributed by atoms with Gasteiger partial charge in [0.05, 0.1) is 11.1 Å². The van der Waals surface area contributed by atoms with Crippen molar-refractivity contribution < 1.29 is 45.5 Å². The minimum absolute atomic E-state index is 0.00670. The summed E-state index contributed by atoms with van der Waals surface area (Å²) in [5, 5.41) is 3.49. The van der Waals surface area contributed by atoms with Gasteiger partial charge in [-0.2, -0.15) is 26.3 Å². The Morgan fingerprint density at radius 3 is 1.51 bits per heavy atom. The molecule has 0 bridgehead atoms. The number of carbonyl (C=O) groups is 3. The van der Waals surface area contributed by atoms with E-state index in [1.165, 1.54) is 77.4 Å². The van der Waals surface area contributed by atoms with Gasteiger partial charge in [0, 0.05) is 75.3 Å². The van der Waals surface area contributed by atoms with Crippen LogP contribution in [0.25, 0.3) is 12.2 Å². The van der Waals surface area contributed by atoms with Crippen LogP contribution >= 0.6 is 0 Å². The summed E-state index contributed by atoms with van der Waals surface area (Å²) in [5.74, 6) is -0.566. The highest BCUT2D eigenvalue weighted by molar-refractivity contribution is 5.92. The molecule has 4 aliphatic heterocycles. The number of nitrogens with zero attached hydrogens (tertiary/aromatic N) is 3. The molecule has 4 heterocycles. The molecule has 2 spiro atoms. The largest absolute Gasteiger partial charge is 0.444 e. The molecule has 344 valence electrons. The van der Waals surface area contributed by atoms with Crippen molar-refractivity contribution >= 4 is 30.1 Å². The van der Waals surface area contributed by atoms with Gasteiger partial charge in [0.15, 0.2) is 0 Å². The van der Waals surface area contributed by atoms with Crippen LogP contribution in [0.3, 0.4) is 0 Å². The van der Waals surface area contributed by atoms with Gasteiger partial charge in [-0.15, -0.1) is 0 Å². The molecule has 8 nitrogen and oxygen atoms in total. The zero-order chi connectivity index (χ0) is 46.6. The molecule has 0 saturated carbocycles. The highest BCUT2D eigenvalue weighted by Gasteiger charge is 2.45. The Bertz CT molecular complexity index is 2420. The van der Waals surface area contributed by atoms with Gasteiger partial charge in [0.25, 0.3) is 0 Å². The maximum atomic E-state index is 13.3. The highest BCUT2D eigenvalue weighted by atomic mass is 19.4. The highest BCUT2D eigenvalue weighted by Crippen LogP contribution is 2.43. The molecule has 4 aromatic carbocycles. The summed E-state index contributed by atoms with van der Waals surface area (Å²) in [5.41, 5.74) is 2.50. The van der Waals surface area contributed by atoms with Gasteiger partial charge < -0.3 is 24.8 Å². The second-order valence-electron chi connectivity index (χ2n) is 18.3. The second kappa shape index (κ2) is 18.9. The molecule has 3 amide bonds. The van der Waals surface area contributed by atoms with E-state index in [-0.39, 0.29) is 39.9 Å². The minimum atomic E-state index is -4.49. The second-order valence-corrected chi connectivity index (χ2v) is 18.3. The van der Waals surface area contributed by atoms with E-state index in [1.807, 2.05) is 45.0 Å². The van der Waals surface area contributed by atoms with Gasteiger partial charge in [0.2, 0.25) is 11.8 Å². The Morgan fingerprint density at radius 2 is 1.02 bits per heavy atom. The van der Waals surface area contributed by atoms with Crippen molar-refractivity contribution in [3.63, 3.8) is 0 Å². The first-order valence-electron chi connectivity index (χ1n) is 21.9. The number of amides is 3. The lowest BCUT2D eigenvalue weighted by Gasteiger charge is -2.48. The summed E-state index contributed by atoms with van der Waals surface area (Å²) >= 11 is 0. The van der Waals surface area contributed by atoms with E-state index in [1.54, 1.807) is 14.7 Å². The Kier molecular flexibility index (Phi) is 13.7. The van der Waals surface area contributed by atoms with Crippen LogP contribution in [0.5, 0.6) is 0 Å². The van der Waals surface area contributed by atoms with Gasteiger partial charge in [-0.1, -0.05) is 84.9 Å². The number of halogens is 6. The predicted molar refractivity (Wildman–Crippen MR) is 237 cm³/mol. The minimum Gasteiger partial charge on any atom is -0.444 e. The van der Waals surface area contributed by atoms with Gasteiger partial charge in [0.1, 0.15) is 5.60 Å². The third-order valence-corrected chi connectivity index (χ3v) is 12.9. The molecule has 1 N–H and O–H groups in total. The molecule has 0 aromatic heterocycles. The molecule has 4 aromatic rings. The van der Waals surface area contributed by atoms with E-state index < -0.39 is 29.1 Å². The number of piperidine rings is 2. The van der Waals surface area contributed by atoms with Crippen molar-refractivity contribution in [2.24, 2.45) is 0 Å². The molecule has 2 fully saturated rings. The van der Waals surface area contributed by atoms with Crippen LogP contribution in [0.1, 0.15) is 91.0 Å². The Balaban J connectivity index is 0.000000198. The number of fused-ring (bicyclic) bond motifs is 4. The molecular weight excluding hydrogens is 847 g/mol. The van der Waals surface area contributed by atoms with E-state index >= 15 is 0 Å². The van der Waals surface area contributed by atoms with Crippen molar-refractivity contribution in [3.05, 3.63) is 154 Å². The van der Waals surface area contributed by atoms with E-state index in [4.69, 9.17) is 4.74 Å². The maximum absolute atomic E-state index is 13.3. The number of carbonyl (C=O) groups excluding carboxylic acids is 3. The molecule has 4 aliphatic rings. The normalized spacial score (nSPS) is 18.3. The van der Waals surface area contributed by atoms with E-state index in [0.29, 0.717) is 52.1 Å². The van der Waals surface area contributed by atoms with Gasteiger partial charge in [-0.25, -0.2) is 4.79 Å². The molecular formula is C51H54F6N4O4. The lowest BCUT2D eigenvalue weighted by atomic mass is 9.69. The van der Waals surface area contributed by atoms with Crippen molar-refractivity contribution in [2.45, 2.75) is 88.3 Å². The fourth-order valence-electron chi connectivity index (χ4n) is 9.58. The van der Waals surface area contributed by atoms with Crippen LogP contribution in [-0.2, 0) is 50.6 Å². The summed E-state index contributed by atoms with van der Waals surface area (Å²) in [6.07, 6.45) is -1.35. The number of hydrogen-bond acceptors (Lipinski definition) is 5. The maximum Gasteiger partial charge on any atom is 0.416 e.